The Bertz CT molecular complexity index is 690. The summed E-state index contributed by atoms with van der Waals surface area (Å²) < 4.78 is 5.45. The lowest BCUT2D eigenvalue weighted by atomic mass is 10.0. The maximum Gasteiger partial charge on any atom is 0.319 e. The molecule has 2 aromatic rings. The zero-order chi connectivity index (χ0) is 17.5. The predicted molar refractivity (Wildman–Crippen MR) is 100 cm³/mol. The number of carbonyl (C=O) groups excluding carboxylic acids is 1. The Labute approximate surface area is 152 Å². The second kappa shape index (κ2) is 8.85. The fourth-order valence-corrected chi connectivity index (χ4v) is 3.22. The van der Waals surface area contributed by atoms with Gasteiger partial charge in [0.05, 0.1) is 19.3 Å². The molecule has 0 radical (unpaired) electrons. The van der Waals surface area contributed by atoms with Gasteiger partial charge < -0.3 is 15.4 Å². The van der Waals surface area contributed by atoms with Gasteiger partial charge in [0, 0.05) is 30.3 Å². The minimum Gasteiger partial charge on any atom is -0.379 e. The van der Waals surface area contributed by atoms with Crippen LogP contribution in [0.15, 0.2) is 54.6 Å². The maximum atomic E-state index is 12.2. The fraction of sp³-hybridized carbons (Fsp3) is 0.316. The third-order valence-electron chi connectivity index (χ3n) is 4.24. The van der Waals surface area contributed by atoms with Crippen molar-refractivity contribution in [3.8, 4) is 0 Å². The topological polar surface area (TPSA) is 53.6 Å². The fourth-order valence-electron chi connectivity index (χ4n) is 2.96. The number of halogens is 1. The van der Waals surface area contributed by atoms with Crippen LogP contribution in [0.4, 0.5) is 10.5 Å². The Morgan fingerprint density at radius 1 is 1.08 bits per heavy atom. The highest BCUT2D eigenvalue weighted by atomic mass is 35.5. The molecule has 1 aliphatic rings. The van der Waals surface area contributed by atoms with Crippen LogP contribution in [-0.2, 0) is 4.74 Å². The number of benzene rings is 2. The summed E-state index contributed by atoms with van der Waals surface area (Å²) in [5, 5.41) is 6.52. The number of para-hydroxylation sites is 1. The van der Waals surface area contributed by atoms with E-state index in [2.05, 4.69) is 15.5 Å². The van der Waals surface area contributed by atoms with E-state index < -0.39 is 0 Å². The van der Waals surface area contributed by atoms with Crippen LogP contribution in [0.25, 0.3) is 0 Å². The molecule has 132 valence electrons. The molecule has 0 aliphatic carbocycles. The quantitative estimate of drug-likeness (QED) is 0.858. The van der Waals surface area contributed by atoms with Gasteiger partial charge in [-0.25, -0.2) is 4.79 Å². The third-order valence-corrected chi connectivity index (χ3v) is 4.58. The number of hydrogen-bond acceptors (Lipinski definition) is 3. The summed E-state index contributed by atoms with van der Waals surface area (Å²) >= 11 is 6.40. The smallest absolute Gasteiger partial charge is 0.319 e. The molecule has 1 fully saturated rings. The first-order valence-corrected chi connectivity index (χ1v) is 8.78. The number of urea groups is 1. The van der Waals surface area contributed by atoms with Gasteiger partial charge >= 0.3 is 6.03 Å². The van der Waals surface area contributed by atoms with E-state index in [1.807, 2.05) is 54.6 Å². The van der Waals surface area contributed by atoms with Crippen LogP contribution >= 0.6 is 11.6 Å². The van der Waals surface area contributed by atoms with Crippen molar-refractivity contribution in [3.63, 3.8) is 0 Å². The minimum atomic E-state index is -0.225. The molecule has 1 unspecified atom stereocenters. The third kappa shape index (κ3) is 4.95. The standard InChI is InChI=1S/C19H22ClN3O2/c20-17-9-5-4-8-16(17)18(23-10-12-25-13-11-23)14-21-19(24)22-15-6-2-1-3-7-15/h1-9,18H,10-14H2,(H2,21,22,24). The number of nitrogens with zero attached hydrogens (tertiary/aromatic N) is 1. The van der Waals surface area contributed by atoms with Crippen molar-refractivity contribution in [1.82, 2.24) is 10.2 Å². The van der Waals surface area contributed by atoms with Crippen molar-refractivity contribution in [3.05, 3.63) is 65.2 Å². The molecule has 0 saturated carbocycles. The lowest BCUT2D eigenvalue weighted by Gasteiger charge is -2.35. The largest absolute Gasteiger partial charge is 0.379 e. The monoisotopic (exact) mass is 359 g/mol. The Hall–Kier alpha value is -2.08. The summed E-state index contributed by atoms with van der Waals surface area (Å²) in [4.78, 5) is 14.5. The second-order valence-corrected chi connectivity index (χ2v) is 6.29. The molecule has 2 N–H and O–H groups in total. The van der Waals surface area contributed by atoms with Crippen LogP contribution in [0.3, 0.4) is 0 Å². The molecule has 1 heterocycles. The molecule has 6 heteroatoms. The molecule has 2 amide bonds. The highest BCUT2D eigenvalue weighted by molar-refractivity contribution is 6.31. The number of ether oxygens (including phenoxy) is 1. The number of nitrogens with one attached hydrogen (secondary N) is 2. The predicted octanol–water partition coefficient (Wildman–Crippen LogP) is 3.54. The number of anilines is 1. The van der Waals surface area contributed by atoms with Crippen LogP contribution in [0.5, 0.6) is 0 Å². The lowest BCUT2D eigenvalue weighted by molar-refractivity contribution is 0.0168. The van der Waals surface area contributed by atoms with Crippen LogP contribution in [0, 0.1) is 0 Å². The molecular weight excluding hydrogens is 338 g/mol. The van der Waals surface area contributed by atoms with Crippen molar-refractivity contribution < 1.29 is 9.53 Å². The van der Waals surface area contributed by atoms with Gasteiger partial charge in [-0.2, -0.15) is 0 Å². The Morgan fingerprint density at radius 2 is 1.76 bits per heavy atom. The van der Waals surface area contributed by atoms with Gasteiger partial charge in [0.1, 0.15) is 0 Å². The number of morpholine rings is 1. The molecule has 1 saturated heterocycles. The molecule has 25 heavy (non-hydrogen) atoms. The molecule has 5 nitrogen and oxygen atoms in total. The van der Waals surface area contributed by atoms with Crippen LogP contribution in [-0.4, -0.2) is 43.8 Å². The number of carbonyl (C=O) groups is 1. The first kappa shape index (κ1) is 17.7. The van der Waals surface area contributed by atoms with E-state index in [1.165, 1.54) is 0 Å². The van der Waals surface area contributed by atoms with Gasteiger partial charge in [0.2, 0.25) is 0 Å². The van der Waals surface area contributed by atoms with E-state index >= 15 is 0 Å². The summed E-state index contributed by atoms with van der Waals surface area (Å²) in [6.07, 6.45) is 0. The zero-order valence-corrected chi connectivity index (χ0v) is 14.7. The molecule has 1 atom stereocenters. The number of amides is 2. The van der Waals surface area contributed by atoms with E-state index in [0.717, 1.165) is 24.3 Å². The van der Waals surface area contributed by atoms with Crippen molar-refractivity contribution in [1.29, 1.82) is 0 Å². The van der Waals surface area contributed by atoms with Crippen molar-refractivity contribution in [2.45, 2.75) is 6.04 Å². The number of rotatable bonds is 5. The van der Waals surface area contributed by atoms with Crippen molar-refractivity contribution in [2.24, 2.45) is 0 Å². The molecule has 2 aromatic carbocycles. The number of hydrogen-bond donors (Lipinski definition) is 2. The van der Waals surface area contributed by atoms with E-state index in [-0.39, 0.29) is 12.1 Å². The summed E-state index contributed by atoms with van der Waals surface area (Å²) in [7, 11) is 0. The normalized spacial score (nSPS) is 16.2. The molecular formula is C19H22ClN3O2. The maximum absolute atomic E-state index is 12.2. The van der Waals surface area contributed by atoms with Gasteiger partial charge in [0.15, 0.2) is 0 Å². The van der Waals surface area contributed by atoms with Crippen molar-refractivity contribution in [2.75, 3.05) is 38.2 Å². The molecule has 0 aromatic heterocycles. The van der Waals surface area contributed by atoms with Crippen LogP contribution in [0.1, 0.15) is 11.6 Å². The summed E-state index contributed by atoms with van der Waals surface area (Å²) in [5.41, 5.74) is 1.78. The molecule has 3 rings (SSSR count). The van der Waals surface area contributed by atoms with Gasteiger partial charge in [0.25, 0.3) is 0 Å². The Balaban J connectivity index is 1.67. The summed E-state index contributed by atoms with van der Waals surface area (Å²) in [6, 6.07) is 17.0. The second-order valence-electron chi connectivity index (χ2n) is 5.89. The van der Waals surface area contributed by atoms with E-state index in [9.17, 15) is 4.79 Å². The molecule has 0 bridgehead atoms. The van der Waals surface area contributed by atoms with Gasteiger partial charge in [-0.15, -0.1) is 0 Å². The Morgan fingerprint density at radius 3 is 2.48 bits per heavy atom. The summed E-state index contributed by atoms with van der Waals surface area (Å²) in [6.45, 7) is 3.49. The van der Waals surface area contributed by atoms with Gasteiger partial charge in [-0.05, 0) is 23.8 Å². The highest BCUT2D eigenvalue weighted by Crippen LogP contribution is 2.27. The molecule has 1 aliphatic heterocycles. The Kier molecular flexibility index (Phi) is 6.28. The lowest BCUT2D eigenvalue weighted by Crippen LogP contribution is -2.44. The average molecular weight is 360 g/mol. The van der Waals surface area contributed by atoms with Gasteiger partial charge in [-0.1, -0.05) is 48.0 Å². The minimum absolute atomic E-state index is 0.0131. The first-order valence-electron chi connectivity index (χ1n) is 8.40. The highest BCUT2D eigenvalue weighted by Gasteiger charge is 2.24. The molecule has 0 spiro atoms. The van der Waals surface area contributed by atoms with Gasteiger partial charge in [-0.3, -0.25) is 4.90 Å². The average Bonchev–Trinajstić information content (AvgIpc) is 2.65. The first-order chi connectivity index (χ1) is 12.2. The van der Waals surface area contributed by atoms with Crippen LogP contribution in [0.2, 0.25) is 5.02 Å². The van der Waals surface area contributed by atoms with E-state index in [4.69, 9.17) is 16.3 Å². The van der Waals surface area contributed by atoms with E-state index in [1.54, 1.807) is 0 Å². The van der Waals surface area contributed by atoms with Crippen LogP contribution < -0.4 is 10.6 Å². The summed E-state index contributed by atoms with van der Waals surface area (Å²) in [5.74, 6) is 0. The zero-order valence-electron chi connectivity index (χ0n) is 14.0. The van der Waals surface area contributed by atoms with Crippen molar-refractivity contribution >= 4 is 23.3 Å². The SMILES string of the molecule is O=C(NCC(c1ccccc1Cl)N1CCOCC1)Nc1ccccc1. The van der Waals surface area contributed by atoms with E-state index in [0.29, 0.717) is 24.8 Å².